The molecule has 0 amide bonds. The predicted octanol–water partition coefficient (Wildman–Crippen LogP) is 4.46. The van der Waals surface area contributed by atoms with Crippen LogP contribution in [0.25, 0.3) is 11.3 Å². The molecule has 0 aliphatic rings. The Hall–Kier alpha value is -3.54. The van der Waals surface area contributed by atoms with Crippen LogP contribution in [0.2, 0.25) is 0 Å². The van der Waals surface area contributed by atoms with Crippen LogP contribution in [0.4, 0.5) is 23.8 Å². The van der Waals surface area contributed by atoms with E-state index in [0.29, 0.717) is 46.7 Å². The molecule has 188 valence electrons. The first kappa shape index (κ1) is 26.1. The van der Waals surface area contributed by atoms with E-state index in [0.717, 1.165) is 36.5 Å². The zero-order valence-corrected chi connectivity index (χ0v) is 21.7. The van der Waals surface area contributed by atoms with Gasteiger partial charge in [0.15, 0.2) is 11.5 Å². The molecule has 0 spiro atoms. The summed E-state index contributed by atoms with van der Waals surface area (Å²) in [7, 11) is 4.73. The van der Waals surface area contributed by atoms with Gasteiger partial charge in [0.2, 0.25) is 29.5 Å². The predicted molar refractivity (Wildman–Crippen MR) is 140 cm³/mol. The number of methoxy groups -OCH3 is 3. The van der Waals surface area contributed by atoms with Crippen LogP contribution in [0.15, 0.2) is 23.2 Å². The fourth-order valence-corrected chi connectivity index (χ4v) is 3.53. The fourth-order valence-electron chi connectivity index (χ4n) is 3.13. The quantitative estimate of drug-likeness (QED) is 0.226. The number of benzene rings is 1. The van der Waals surface area contributed by atoms with Crippen LogP contribution in [-0.2, 0) is 0 Å². The highest BCUT2D eigenvalue weighted by Gasteiger charge is 2.17. The van der Waals surface area contributed by atoms with Crippen molar-refractivity contribution < 1.29 is 14.2 Å². The molecule has 0 unspecified atom stereocenters. The molecule has 0 aliphatic carbocycles. The Bertz CT molecular complexity index is 1080. The van der Waals surface area contributed by atoms with Crippen LogP contribution in [0.5, 0.6) is 17.2 Å². The molecule has 0 bridgehead atoms. The number of rotatable bonds is 13. The van der Waals surface area contributed by atoms with Gasteiger partial charge < -0.3 is 24.8 Å². The van der Waals surface area contributed by atoms with E-state index in [-0.39, 0.29) is 0 Å². The number of hydrogen-bond acceptors (Lipinski definition) is 12. The molecule has 0 fully saturated rings. The lowest BCUT2D eigenvalue weighted by Gasteiger charge is -2.15. The fraction of sp³-hybridized carbons (Fsp3) is 0.435. The highest BCUT2D eigenvalue weighted by atomic mass is 32.2. The molecule has 3 aromatic rings. The smallest absolute Gasteiger partial charge is 0.236 e. The molecule has 35 heavy (non-hydrogen) atoms. The second kappa shape index (κ2) is 12.8. The Morgan fingerprint density at radius 2 is 1.26 bits per heavy atom. The van der Waals surface area contributed by atoms with Crippen LogP contribution in [0.3, 0.4) is 0 Å². The molecule has 2 aromatic heterocycles. The lowest BCUT2D eigenvalue weighted by molar-refractivity contribution is 0.324. The van der Waals surface area contributed by atoms with E-state index in [1.54, 1.807) is 21.3 Å². The van der Waals surface area contributed by atoms with E-state index in [4.69, 9.17) is 19.2 Å². The van der Waals surface area contributed by atoms with Crippen molar-refractivity contribution in [1.29, 1.82) is 0 Å². The van der Waals surface area contributed by atoms with Crippen LogP contribution in [-0.4, -0.2) is 65.6 Å². The largest absolute Gasteiger partial charge is 0.493 e. The second-order valence-electron chi connectivity index (χ2n) is 7.32. The highest BCUT2D eigenvalue weighted by Crippen LogP contribution is 2.41. The zero-order chi connectivity index (χ0) is 25.2. The van der Waals surface area contributed by atoms with E-state index in [9.17, 15) is 0 Å². The summed E-state index contributed by atoms with van der Waals surface area (Å²) in [6, 6.07) is 5.59. The van der Waals surface area contributed by atoms with Crippen LogP contribution >= 0.6 is 11.8 Å². The number of thioether (sulfide) groups is 1. The SMILES string of the molecule is CCCNc1nc(NCCC)nc(Nc2nc(SC)cc(-c3cc(OC)c(OC)c(OC)c3)n2)n1. The maximum atomic E-state index is 5.50. The molecular weight excluding hydrogens is 468 g/mol. The van der Waals surface area contributed by atoms with Gasteiger partial charge in [0.25, 0.3) is 0 Å². The molecular formula is C23H32N8O3S. The average molecular weight is 501 g/mol. The summed E-state index contributed by atoms with van der Waals surface area (Å²) in [6.07, 6.45) is 3.85. The summed E-state index contributed by atoms with van der Waals surface area (Å²) >= 11 is 1.50. The second-order valence-corrected chi connectivity index (χ2v) is 8.14. The number of anilines is 4. The summed E-state index contributed by atoms with van der Waals surface area (Å²) in [5.41, 5.74) is 1.46. The maximum Gasteiger partial charge on any atom is 0.236 e. The van der Waals surface area contributed by atoms with Crippen molar-refractivity contribution in [3.63, 3.8) is 0 Å². The Labute approximate surface area is 209 Å². The van der Waals surface area contributed by atoms with Gasteiger partial charge in [0.1, 0.15) is 5.03 Å². The number of nitrogens with one attached hydrogen (secondary N) is 3. The number of nitrogens with zero attached hydrogens (tertiary/aromatic N) is 5. The summed E-state index contributed by atoms with van der Waals surface area (Å²) < 4.78 is 16.4. The Morgan fingerprint density at radius 1 is 0.714 bits per heavy atom. The molecule has 2 heterocycles. The van der Waals surface area contributed by atoms with E-state index in [2.05, 4.69) is 49.7 Å². The number of ether oxygens (including phenoxy) is 3. The molecule has 1 aromatic carbocycles. The summed E-state index contributed by atoms with van der Waals surface area (Å²) in [5, 5.41) is 10.3. The Balaban J connectivity index is 2.01. The van der Waals surface area contributed by atoms with Crippen molar-refractivity contribution in [2.75, 3.05) is 56.6 Å². The standard InChI is InChI=1S/C23H32N8O3S/c1-7-9-24-20-28-21(25-10-8-2)30-23(29-20)31-22-26-15(13-18(27-22)35-6)14-11-16(32-3)19(34-5)17(12-14)33-4/h11-13H,7-10H2,1-6H3,(H3,24,25,26,27,28,29,30,31). The lowest BCUT2D eigenvalue weighted by Crippen LogP contribution is -2.12. The van der Waals surface area contributed by atoms with Gasteiger partial charge in [-0.3, -0.25) is 5.32 Å². The third-order valence-electron chi connectivity index (χ3n) is 4.80. The molecule has 0 radical (unpaired) electrons. The Kier molecular flexibility index (Phi) is 9.53. The van der Waals surface area contributed by atoms with Crippen molar-refractivity contribution in [1.82, 2.24) is 24.9 Å². The minimum absolute atomic E-state index is 0.339. The first-order valence-corrected chi connectivity index (χ1v) is 12.5. The van der Waals surface area contributed by atoms with Crippen LogP contribution < -0.4 is 30.2 Å². The van der Waals surface area contributed by atoms with Crippen molar-refractivity contribution in [3.8, 4) is 28.5 Å². The molecule has 0 atom stereocenters. The van der Waals surface area contributed by atoms with Crippen molar-refractivity contribution >= 4 is 35.6 Å². The molecule has 3 N–H and O–H groups in total. The van der Waals surface area contributed by atoms with E-state index >= 15 is 0 Å². The minimum atomic E-state index is 0.339. The topological polar surface area (TPSA) is 128 Å². The molecule has 0 saturated heterocycles. The van der Waals surface area contributed by atoms with E-state index in [1.165, 1.54) is 11.8 Å². The third kappa shape index (κ3) is 6.75. The van der Waals surface area contributed by atoms with Gasteiger partial charge in [-0.25, -0.2) is 9.97 Å². The highest BCUT2D eigenvalue weighted by molar-refractivity contribution is 7.98. The average Bonchev–Trinajstić information content (AvgIpc) is 2.89. The van der Waals surface area contributed by atoms with Gasteiger partial charge in [0, 0.05) is 18.7 Å². The Morgan fingerprint density at radius 3 is 1.74 bits per heavy atom. The molecule has 3 rings (SSSR count). The number of aromatic nitrogens is 5. The van der Waals surface area contributed by atoms with Gasteiger partial charge >= 0.3 is 0 Å². The third-order valence-corrected chi connectivity index (χ3v) is 5.42. The summed E-state index contributed by atoms with van der Waals surface area (Å²) in [4.78, 5) is 22.7. The van der Waals surface area contributed by atoms with Crippen LogP contribution in [0.1, 0.15) is 26.7 Å². The van der Waals surface area contributed by atoms with Gasteiger partial charge in [-0.1, -0.05) is 13.8 Å². The van der Waals surface area contributed by atoms with E-state index in [1.807, 2.05) is 24.5 Å². The minimum Gasteiger partial charge on any atom is -0.493 e. The van der Waals surface area contributed by atoms with Crippen molar-refractivity contribution in [2.45, 2.75) is 31.7 Å². The summed E-state index contributed by atoms with van der Waals surface area (Å²) in [6.45, 7) is 5.66. The van der Waals surface area contributed by atoms with Crippen molar-refractivity contribution in [3.05, 3.63) is 18.2 Å². The van der Waals surface area contributed by atoms with Crippen molar-refractivity contribution in [2.24, 2.45) is 0 Å². The molecule has 0 saturated carbocycles. The first-order valence-electron chi connectivity index (χ1n) is 11.3. The molecule has 12 heteroatoms. The normalized spacial score (nSPS) is 10.6. The van der Waals surface area contributed by atoms with Crippen LogP contribution in [0, 0.1) is 0 Å². The maximum absolute atomic E-state index is 5.50. The molecule has 0 aliphatic heterocycles. The van der Waals surface area contributed by atoms with Gasteiger partial charge in [0.05, 0.1) is 27.0 Å². The monoisotopic (exact) mass is 500 g/mol. The first-order chi connectivity index (χ1) is 17.0. The van der Waals surface area contributed by atoms with Gasteiger partial charge in [-0.2, -0.15) is 15.0 Å². The van der Waals surface area contributed by atoms with Gasteiger partial charge in [-0.05, 0) is 37.3 Å². The van der Waals surface area contributed by atoms with E-state index < -0.39 is 0 Å². The number of hydrogen-bond donors (Lipinski definition) is 3. The lowest BCUT2D eigenvalue weighted by atomic mass is 10.1. The zero-order valence-electron chi connectivity index (χ0n) is 20.9. The molecule has 11 nitrogen and oxygen atoms in total. The summed E-state index contributed by atoms with van der Waals surface area (Å²) in [5.74, 6) is 3.25. The van der Waals surface area contributed by atoms with Gasteiger partial charge in [-0.15, -0.1) is 11.8 Å².